The Morgan fingerprint density at radius 2 is 2.47 bits per heavy atom. The third kappa shape index (κ3) is 1.82. The van der Waals surface area contributed by atoms with Gasteiger partial charge in [0.2, 0.25) is 0 Å². The van der Waals surface area contributed by atoms with Crippen LogP contribution in [0.15, 0.2) is 0 Å². The Hall–Kier alpha value is -1.50. The molecule has 1 aromatic rings. The van der Waals surface area contributed by atoms with Gasteiger partial charge < -0.3 is 9.64 Å². The minimum atomic E-state index is -0.230. The zero-order valence-electron chi connectivity index (χ0n) is 8.67. The van der Waals surface area contributed by atoms with Gasteiger partial charge in [-0.05, 0) is 18.6 Å². The SMILES string of the molecule is CC1OCCC1N(C)C(=O)c1nn[nH]n1. The van der Waals surface area contributed by atoms with E-state index in [2.05, 4.69) is 20.6 Å². The summed E-state index contributed by atoms with van der Waals surface area (Å²) in [5.41, 5.74) is 0. The summed E-state index contributed by atoms with van der Waals surface area (Å²) in [5, 5.41) is 12.9. The summed E-state index contributed by atoms with van der Waals surface area (Å²) in [6.07, 6.45) is 0.909. The Morgan fingerprint density at radius 3 is 3.00 bits per heavy atom. The molecule has 1 saturated heterocycles. The fraction of sp³-hybridized carbons (Fsp3) is 0.750. The van der Waals surface area contributed by atoms with Gasteiger partial charge in [-0.3, -0.25) is 4.79 Å². The Balaban J connectivity index is 2.07. The van der Waals surface area contributed by atoms with Gasteiger partial charge in [-0.1, -0.05) is 0 Å². The van der Waals surface area contributed by atoms with Crippen LogP contribution in [-0.2, 0) is 4.74 Å². The Bertz CT molecular complexity index is 339. The maximum Gasteiger partial charge on any atom is 0.295 e. The standard InChI is InChI=1S/C8H13N5O2/c1-5-6(3-4-15-5)13(2)8(14)7-9-11-12-10-7/h5-6H,3-4H2,1-2H3,(H,9,10,11,12). The van der Waals surface area contributed by atoms with Crippen molar-refractivity contribution in [3.63, 3.8) is 0 Å². The number of likely N-dealkylation sites (N-methyl/N-ethyl adjacent to an activating group) is 1. The highest BCUT2D eigenvalue weighted by Gasteiger charge is 2.32. The van der Waals surface area contributed by atoms with Gasteiger partial charge in [-0.25, -0.2) is 0 Å². The van der Waals surface area contributed by atoms with Crippen LogP contribution < -0.4 is 0 Å². The number of hydrogen-bond donors (Lipinski definition) is 1. The fourth-order valence-electron chi connectivity index (χ4n) is 1.79. The molecule has 7 nitrogen and oxygen atoms in total. The van der Waals surface area contributed by atoms with E-state index in [1.807, 2.05) is 6.92 Å². The molecule has 1 aromatic heterocycles. The lowest BCUT2D eigenvalue weighted by Crippen LogP contribution is -2.41. The summed E-state index contributed by atoms with van der Waals surface area (Å²) >= 11 is 0. The van der Waals surface area contributed by atoms with Crippen LogP contribution in [0.5, 0.6) is 0 Å². The zero-order valence-corrected chi connectivity index (χ0v) is 8.67. The zero-order chi connectivity index (χ0) is 10.8. The molecule has 0 radical (unpaired) electrons. The van der Waals surface area contributed by atoms with E-state index in [1.54, 1.807) is 11.9 Å². The first-order chi connectivity index (χ1) is 7.20. The van der Waals surface area contributed by atoms with E-state index >= 15 is 0 Å². The summed E-state index contributed by atoms with van der Waals surface area (Å²) in [4.78, 5) is 13.4. The number of nitrogens with zero attached hydrogens (tertiary/aromatic N) is 4. The van der Waals surface area contributed by atoms with Crippen molar-refractivity contribution in [1.29, 1.82) is 0 Å². The lowest BCUT2D eigenvalue weighted by atomic mass is 10.1. The molecule has 2 atom stereocenters. The molecule has 1 aliphatic heterocycles. The van der Waals surface area contributed by atoms with Gasteiger partial charge in [0, 0.05) is 13.7 Å². The summed E-state index contributed by atoms with van der Waals surface area (Å²) in [5.74, 6) is -0.136. The summed E-state index contributed by atoms with van der Waals surface area (Å²) in [6, 6.07) is 0.0935. The number of hydrogen-bond acceptors (Lipinski definition) is 5. The molecule has 1 amide bonds. The Kier molecular flexibility index (Phi) is 2.63. The summed E-state index contributed by atoms with van der Waals surface area (Å²) < 4.78 is 5.40. The van der Waals surface area contributed by atoms with Crippen LogP contribution in [0.3, 0.4) is 0 Å². The van der Waals surface area contributed by atoms with Crippen molar-refractivity contribution in [3.8, 4) is 0 Å². The molecular weight excluding hydrogens is 198 g/mol. The van der Waals surface area contributed by atoms with Crippen LogP contribution in [0, 0.1) is 0 Å². The molecule has 0 aliphatic carbocycles. The number of carbonyl (C=O) groups is 1. The van der Waals surface area contributed by atoms with Gasteiger partial charge >= 0.3 is 0 Å². The molecule has 2 unspecified atom stereocenters. The Morgan fingerprint density at radius 1 is 1.67 bits per heavy atom. The van der Waals surface area contributed by atoms with Crippen LogP contribution in [0.1, 0.15) is 24.0 Å². The number of nitrogens with one attached hydrogen (secondary N) is 1. The predicted molar refractivity (Wildman–Crippen MR) is 50.1 cm³/mol. The molecule has 1 N–H and O–H groups in total. The predicted octanol–water partition coefficient (Wildman–Crippen LogP) is -0.551. The third-order valence-electron chi connectivity index (χ3n) is 2.69. The van der Waals surface area contributed by atoms with Crippen LogP contribution in [0.25, 0.3) is 0 Å². The maximum atomic E-state index is 11.8. The topological polar surface area (TPSA) is 84.0 Å². The molecular formula is C8H13N5O2. The molecule has 2 heterocycles. The van der Waals surface area contributed by atoms with Gasteiger partial charge in [-0.15, -0.1) is 10.2 Å². The van der Waals surface area contributed by atoms with E-state index in [1.165, 1.54) is 0 Å². The van der Waals surface area contributed by atoms with Crippen molar-refractivity contribution in [2.45, 2.75) is 25.5 Å². The summed E-state index contributed by atoms with van der Waals surface area (Å²) in [6.45, 7) is 2.65. The number of tetrazole rings is 1. The number of H-pyrrole nitrogens is 1. The number of aromatic nitrogens is 4. The first-order valence-electron chi connectivity index (χ1n) is 4.82. The largest absolute Gasteiger partial charge is 0.376 e. The molecule has 7 heteroatoms. The first-order valence-corrected chi connectivity index (χ1v) is 4.82. The van der Waals surface area contributed by atoms with Crippen molar-refractivity contribution in [2.24, 2.45) is 0 Å². The smallest absolute Gasteiger partial charge is 0.295 e. The highest BCUT2D eigenvalue weighted by molar-refractivity contribution is 5.90. The second kappa shape index (κ2) is 3.93. The lowest BCUT2D eigenvalue weighted by molar-refractivity contribution is 0.0564. The minimum Gasteiger partial charge on any atom is -0.376 e. The Labute approximate surface area is 86.8 Å². The van der Waals surface area contributed by atoms with Gasteiger partial charge in [0.05, 0.1) is 12.1 Å². The van der Waals surface area contributed by atoms with Gasteiger partial charge in [-0.2, -0.15) is 5.21 Å². The molecule has 0 aromatic carbocycles. The third-order valence-corrected chi connectivity index (χ3v) is 2.69. The van der Waals surface area contributed by atoms with Crippen LogP contribution in [0.4, 0.5) is 0 Å². The lowest BCUT2D eigenvalue weighted by Gasteiger charge is -2.25. The van der Waals surface area contributed by atoms with Crippen molar-refractivity contribution in [2.75, 3.05) is 13.7 Å². The average molecular weight is 211 g/mol. The van der Waals surface area contributed by atoms with E-state index < -0.39 is 0 Å². The monoisotopic (exact) mass is 211 g/mol. The maximum absolute atomic E-state index is 11.8. The number of aromatic amines is 1. The molecule has 1 fully saturated rings. The van der Waals surface area contributed by atoms with Crippen LogP contribution in [-0.4, -0.2) is 57.2 Å². The van der Waals surface area contributed by atoms with Crippen LogP contribution in [0.2, 0.25) is 0 Å². The van der Waals surface area contributed by atoms with Crippen molar-refractivity contribution in [1.82, 2.24) is 25.5 Å². The molecule has 2 rings (SSSR count). The second-order valence-electron chi connectivity index (χ2n) is 3.58. The van der Waals surface area contributed by atoms with E-state index in [0.29, 0.717) is 6.61 Å². The molecule has 0 bridgehead atoms. The minimum absolute atomic E-state index is 0.0610. The van der Waals surface area contributed by atoms with Crippen molar-refractivity contribution >= 4 is 5.91 Å². The van der Waals surface area contributed by atoms with E-state index in [0.717, 1.165) is 6.42 Å². The van der Waals surface area contributed by atoms with E-state index in [4.69, 9.17) is 4.74 Å². The van der Waals surface area contributed by atoms with Gasteiger partial charge in [0.25, 0.3) is 11.7 Å². The highest BCUT2D eigenvalue weighted by atomic mass is 16.5. The molecule has 1 aliphatic rings. The van der Waals surface area contributed by atoms with Crippen molar-refractivity contribution < 1.29 is 9.53 Å². The van der Waals surface area contributed by atoms with Crippen LogP contribution >= 0.6 is 0 Å². The van der Waals surface area contributed by atoms with Gasteiger partial charge in [0.1, 0.15) is 0 Å². The normalized spacial score (nSPS) is 25.5. The number of amides is 1. The first kappa shape index (κ1) is 10.0. The fourth-order valence-corrected chi connectivity index (χ4v) is 1.79. The molecule has 0 saturated carbocycles. The summed E-state index contributed by atoms with van der Waals surface area (Å²) in [7, 11) is 1.73. The molecule has 15 heavy (non-hydrogen) atoms. The molecule has 0 spiro atoms. The van der Waals surface area contributed by atoms with Gasteiger partial charge in [0.15, 0.2) is 0 Å². The quantitative estimate of drug-likeness (QED) is 0.709. The van der Waals surface area contributed by atoms with E-state index in [9.17, 15) is 4.79 Å². The highest BCUT2D eigenvalue weighted by Crippen LogP contribution is 2.18. The number of carbonyl (C=O) groups excluding carboxylic acids is 1. The van der Waals surface area contributed by atoms with E-state index in [-0.39, 0.29) is 23.9 Å². The number of rotatable bonds is 2. The second-order valence-corrected chi connectivity index (χ2v) is 3.58. The van der Waals surface area contributed by atoms with Crippen molar-refractivity contribution in [3.05, 3.63) is 5.82 Å². The average Bonchev–Trinajstić information content (AvgIpc) is 2.85. The molecule has 82 valence electrons. The number of ether oxygens (including phenoxy) is 1.